The molecular weight excluding hydrogens is 436 g/mol. The van der Waals surface area contributed by atoms with E-state index in [1.807, 2.05) is 6.26 Å². The zero-order valence-corrected chi connectivity index (χ0v) is 18.5. The lowest BCUT2D eigenvalue weighted by Gasteiger charge is -2.18. The van der Waals surface area contributed by atoms with Crippen LogP contribution in [-0.4, -0.2) is 56.3 Å². The largest absolute Gasteiger partial charge is 0.496 e. The summed E-state index contributed by atoms with van der Waals surface area (Å²) in [5, 5.41) is 5.31. The molecule has 0 radical (unpaired) electrons. The molecule has 1 aliphatic rings. The van der Waals surface area contributed by atoms with Gasteiger partial charge in [0.05, 0.1) is 12.7 Å². The third-order valence-corrected chi connectivity index (χ3v) is 5.20. The van der Waals surface area contributed by atoms with Crippen molar-refractivity contribution in [3.8, 4) is 17.2 Å². The van der Waals surface area contributed by atoms with Gasteiger partial charge in [-0.1, -0.05) is 12.1 Å². The Hall–Kier alpha value is -3.40. The fourth-order valence-corrected chi connectivity index (χ4v) is 3.43. The van der Waals surface area contributed by atoms with Crippen LogP contribution in [0.3, 0.4) is 0 Å². The fraction of sp³-hybridized carbons (Fsp3) is 0.318. The number of para-hydroxylation sites is 1. The smallest absolute Gasteiger partial charge is 0.329 e. The first-order valence-electron chi connectivity index (χ1n) is 9.80. The van der Waals surface area contributed by atoms with E-state index in [1.165, 1.54) is 18.9 Å². The maximum Gasteiger partial charge on any atom is 0.329 e. The molecule has 0 aliphatic carbocycles. The second-order valence-electron chi connectivity index (χ2n) is 6.73. The van der Waals surface area contributed by atoms with E-state index in [1.54, 1.807) is 42.5 Å². The summed E-state index contributed by atoms with van der Waals surface area (Å²) in [5.41, 5.74) is 0.788. The molecule has 1 aliphatic heterocycles. The molecule has 0 bridgehead atoms. The van der Waals surface area contributed by atoms with E-state index in [0.717, 1.165) is 0 Å². The van der Waals surface area contributed by atoms with Crippen LogP contribution in [0.2, 0.25) is 0 Å². The third-order valence-electron chi connectivity index (χ3n) is 4.55. The molecule has 2 aromatic carbocycles. The number of amides is 2. The van der Waals surface area contributed by atoms with Crippen LogP contribution in [0.25, 0.3) is 0 Å². The third kappa shape index (κ3) is 6.07. The topological polar surface area (TPSA) is 112 Å². The van der Waals surface area contributed by atoms with Crippen molar-refractivity contribution < 1.29 is 33.3 Å². The average Bonchev–Trinajstić information content (AvgIpc) is 3.28. The summed E-state index contributed by atoms with van der Waals surface area (Å²) in [6.45, 7) is -0.365. The number of rotatable bonds is 10. The van der Waals surface area contributed by atoms with Gasteiger partial charge in [0.2, 0.25) is 6.79 Å². The number of benzene rings is 2. The Bertz CT molecular complexity index is 983. The highest BCUT2D eigenvalue weighted by molar-refractivity contribution is 7.98. The van der Waals surface area contributed by atoms with Crippen LogP contribution in [0.4, 0.5) is 5.69 Å². The molecule has 9 nitrogen and oxygen atoms in total. The number of ether oxygens (including phenoxy) is 4. The lowest BCUT2D eigenvalue weighted by molar-refractivity contribution is -0.149. The maximum absolute atomic E-state index is 12.7. The van der Waals surface area contributed by atoms with Crippen molar-refractivity contribution in [1.29, 1.82) is 0 Å². The second-order valence-corrected chi connectivity index (χ2v) is 7.72. The monoisotopic (exact) mass is 460 g/mol. The molecular formula is C22H24N2O7S. The molecule has 2 N–H and O–H groups in total. The number of hydrogen-bond acceptors (Lipinski definition) is 8. The van der Waals surface area contributed by atoms with E-state index in [2.05, 4.69) is 10.6 Å². The normalized spacial score (nSPS) is 12.6. The molecule has 0 fully saturated rings. The average molecular weight is 461 g/mol. The van der Waals surface area contributed by atoms with Gasteiger partial charge in [0.15, 0.2) is 18.1 Å². The Morgan fingerprint density at radius 3 is 2.69 bits per heavy atom. The van der Waals surface area contributed by atoms with Crippen molar-refractivity contribution >= 4 is 35.2 Å². The van der Waals surface area contributed by atoms with E-state index >= 15 is 0 Å². The van der Waals surface area contributed by atoms with Crippen molar-refractivity contribution in [3.63, 3.8) is 0 Å². The van der Waals surface area contributed by atoms with Gasteiger partial charge in [0, 0.05) is 11.8 Å². The van der Waals surface area contributed by atoms with Gasteiger partial charge in [-0.25, -0.2) is 4.79 Å². The predicted octanol–water partition coefficient (Wildman–Crippen LogP) is 2.46. The predicted molar refractivity (Wildman–Crippen MR) is 119 cm³/mol. The van der Waals surface area contributed by atoms with E-state index in [-0.39, 0.29) is 6.79 Å². The first kappa shape index (κ1) is 23.3. The number of esters is 1. The molecule has 1 unspecified atom stereocenters. The lowest BCUT2D eigenvalue weighted by atomic mass is 10.1. The number of hydrogen-bond donors (Lipinski definition) is 2. The van der Waals surface area contributed by atoms with Gasteiger partial charge in [0.25, 0.3) is 11.8 Å². The van der Waals surface area contributed by atoms with Crippen LogP contribution in [0.1, 0.15) is 16.8 Å². The van der Waals surface area contributed by atoms with Gasteiger partial charge < -0.3 is 29.6 Å². The molecule has 1 heterocycles. The Morgan fingerprint density at radius 2 is 1.91 bits per heavy atom. The number of nitrogens with one attached hydrogen (secondary N) is 2. The summed E-state index contributed by atoms with van der Waals surface area (Å²) >= 11 is 1.53. The van der Waals surface area contributed by atoms with Crippen LogP contribution in [-0.2, 0) is 14.3 Å². The number of carbonyl (C=O) groups is 3. The van der Waals surface area contributed by atoms with Crippen molar-refractivity contribution in [2.24, 2.45) is 0 Å². The summed E-state index contributed by atoms with van der Waals surface area (Å²) in [4.78, 5) is 37.5. The Morgan fingerprint density at radius 1 is 1.12 bits per heavy atom. The number of carbonyl (C=O) groups excluding carboxylic acids is 3. The van der Waals surface area contributed by atoms with Gasteiger partial charge in [-0.3, -0.25) is 9.59 Å². The minimum atomic E-state index is -0.904. The van der Waals surface area contributed by atoms with Crippen LogP contribution in [0.5, 0.6) is 17.2 Å². The minimum absolute atomic E-state index is 0.127. The van der Waals surface area contributed by atoms with Gasteiger partial charge in [-0.2, -0.15) is 11.8 Å². The quantitative estimate of drug-likeness (QED) is 0.520. The lowest BCUT2D eigenvalue weighted by Crippen LogP contribution is -2.43. The first-order chi connectivity index (χ1) is 15.5. The van der Waals surface area contributed by atoms with Crippen molar-refractivity contribution in [2.75, 3.05) is 37.8 Å². The molecule has 0 saturated carbocycles. The molecule has 2 amide bonds. The Balaban J connectivity index is 1.56. The van der Waals surface area contributed by atoms with Crippen LogP contribution >= 0.6 is 11.8 Å². The zero-order valence-electron chi connectivity index (χ0n) is 17.7. The van der Waals surface area contributed by atoms with E-state index in [9.17, 15) is 14.4 Å². The molecule has 1 atom stereocenters. The summed E-state index contributed by atoms with van der Waals surface area (Å²) < 4.78 is 20.9. The van der Waals surface area contributed by atoms with Crippen molar-refractivity contribution in [3.05, 3.63) is 48.0 Å². The second kappa shape index (κ2) is 11.3. The maximum atomic E-state index is 12.7. The van der Waals surface area contributed by atoms with Gasteiger partial charge in [-0.15, -0.1) is 0 Å². The Kier molecular flexibility index (Phi) is 8.20. The molecule has 0 aromatic heterocycles. The Labute approximate surface area is 189 Å². The highest BCUT2D eigenvalue weighted by Crippen LogP contribution is 2.34. The molecule has 0 saturated heterocycles. The van der Waals surface area contributed by atoms with Crippen LogP contribution < -0.4 is 24.8 Å². The number of anilines is 1. The summed E-state index contributed by atoms with van der Waals surface area (Å²) in [6, 6.07) is 10.8. The summed E-state index contributed by atoms with van der Waals surface area (Å²) in [6.07, 6.45) is 2.24. The van der Waals surface area contributed by atoms with E-state index < -0.39 is 30.4 Å². The highest BCUT2D eigenvalue weighted by atomic mass is 32.2. The SMILES string of the molecule is COc1ccccc1C(=O)NC(CCSC)C(=O)OCC(=O)Nc1ccc2c(c1)OCO2. The molecule has 2 aromatic rings. The van der Waals surface area contributed by atoms with E-state index in [0.29, 0.717) is 40.7 Å². The summed E-state index contributed by atoms with van der Waals surface area (Å²) in [7, 11) is 1.46. The fourth-order valence-electron chi connectivity index (χ4n) is 2.96. The van der Waals surface area contributed by atoms with Gasteiger partial charge in [-0.05, 0) is 42.7 Å². The summed E-state index contributed by atoms with van der Waals surface area (Å²) in [5.74, 6) is 0.461. The molecule has 10 heteroatoms. The molecule has 170 valence electrons. The molecule has 0 spiro atoms. The van der Waals surface area contributed by atoms with E-state index in [4.69, 9.17) is 18.9 Å². The zero-order chi connectivity index (χ0) is 22.9. The minimum Gasteiger partial charge on any atom is -0.496 e. The number of fused-ring (bicyclic) bond motifs is 1. The molecule has 3 rings (SSSR count). The number of methoxy groups -OCH3 is 1. The van der Waals surface area contributed by atoms with Crippen LogP contribution in [0.15, 0.2) is 42.5 Å². The number of thioether (sulfide) groups is 1. The van der Waals surface area contributed by atoms with Crippen LogP contribution in [0, 0.1) is 0 Å². The van der Waals surface area contributed by atoms with Gasteiger partial charge >= 0.3 is 5.97 Å². The van der Waals surface area contributed by atoms with Crippen molar-refractivity contribution in [2.45, 2.75) is 12.5 Å². The first-order valence-corrected chi connectivity index (χ1v) is 11.2. The van der Waals surface area contributed by atoms with Crippen molar-refractivity contribution in [1.82, 2.24) is 5.32 Å². The van der Waals surface area contributed by atoms with Gasteiger partial charge in [0.1, 0.15) is 11.8 Å². The highest BCUT2D eigenvalue weighted by Gasteiger charge is 2.25. The molecule has 32 heavy (non-hydrogen) atoms. The standard InChI is InChI=1S/C22H24N2O7S/c1-28-17-6-4-3-5-15(17)21(26)24-16(9-10-32-2)22(27)29-12-20(25)23-14-7-8-18-19(11-14)31-13-30-18/h3-8,11,16H,9-10,12-13H2,1-2H3,(H,23,25)(H,24,26).